The van der Waals surface area contributed by atoms with Crippen molar-refractivity contribution in [2.75, 3.05) is 7.11 Å². The number of hydrogen-bond acceptors (Lipinski definition) is 4. The molecule has 0 N–H and O–H groups in total. The van der Waals surface area contributed by atoms with Crippen LogP contribution in [-0.2, 0) is 11.8 Å². The topological polar surface area (TPSA) is 61.2 Å². The molecule has 0 saturated heterocycles. The van der Waals surface area contributed by atoms with Gasteiger partial charge in [0, 0.05) is 12.7 Å². The average molecular weight is 298 g/mol. The molecule has 2 rings (SSSR count). The summed E-state index contributed by atoms with van der Waals surface area (Å²) in [7, 11) is 3.15. The quantitative estimate of drug-likeness (QED) is 0.494. The summed E-state index contributed by atoms with van der Waals surface area (Å²) in [5.41, 5.74) is 3.50. The zero-order chi connectivity index (χ0) is 16.3. The van der Waals surface area contributed by atoms with Gasteiger partial charge in [0.05, 0.1) is 23.9 Å². The van der Waals surface area contributed by atoms with Crippen molar-refractivity contribution in [2.24, 2.45) is 7.05 Å². The third-order valence-corrected chi connectivity index (χ3v) is 3.51. The zero-order valence-corrected chi connectivity index (χ0v) is 13.1. The number of hydrogen-bond donors (Lipinski definition) is 0. The summed E-state index contributed by atoms with van der Waals surface area (Å²) >= 11 is 0. The van der Waals surface area contributed by atoms with E-state index < -0.39 is 0 Å². The van der Waals surface area contributed by atoms with E-state index in [9.17, 15) is 9.59 Å². The minimum atomic E-state index is -0.381. The number of rotatable bonds is 4. The fraction of sp³-hybridized carbons (Fsp3) is 0.235. The molecule has 1 aromatic heterocycles. The fourth-order valence-electron chi connectivity index (χ4n) is 2.23. The predicted octanol–water partition coefficient (Wildman–Crippen LogP) is 2.72. The lowest BCUT2D eigenvalue weighted by Crippen LogP contribution is -2.00. The molecule has 0 aliphatic rings. The Balaban J connectivity index is 2.18. The Labute approximate surface area is 129 Å². The second-order valence-corrected chi connectivity index (χ2v) is 4.98. The maximum absolute atomic E-state index is 12.3. The number of methoxy groups -OCH3 is 1. The fourth-order valence-corrected chi connectivity index (χ4v) is 2.23. The number of esters is 1. The summed E-state index contributed by atoms with van der Waals surface area (Å²) in [5, 5.41) is 4.24. The molecule has 0 fully saturated rings. The van der Waals surface area contributed by atoms with Gasteiger partial charge >= 0.3 is 5.97 Å². The van der Waals surface area contributed by atoms with Crippen LogP contribution in [0.5, 0.6) is 0 Å². The van der Waals surface area contributed by atoms with E-state index in [0.717, 1.165) is 17.0 Å². The number of carbonyl (C=O) groups is 2. The van der Waals surface area contributed by atoms with Crippen LogP contribution in [-0.4, -0.2) is 28.6 Å². The van der Waals surface area contributed by atoms with E-state index in [-0.39, 0.29) is 11.8 Å². The minimum absolute atomic E-state index is 0.0832. The highest BCUT2D eigenvalue weighted by atomic mass is 16.5. The Bertz CT molecular complexity index is 740. The average Bonchev–Trinajstić information content (AvgIpc) is 2.77. The van der Waals surface area contributed by atoms with Crippen molar-refractivity contribution in [3.05, 3.63) is 58.4 Å². The van der Waals surface area contributed by atoms with Crippen molar-refractivity contribution >= 4 is 17.8 Å². The first-order valence-electron chi connectivity index (χ1n) is 6.85. The van der Waals surface area contributed by atoms with Crippen molar-refractivity contribution in [1.82, 2.24) is 9.78 Å². The molecular weight excluding hydrogens is 280 g/mol. The zero-order valence-electron chi connectivity index (χ0n) is 13.1. The first-order valence-corrected chi connectivity index (χ1v) is 6.85. The number of aryl methyl sites for hydroxylation is 2. The Hall–Kier alpha value is -2.69. The molecule has 0 saturated carbocycles. The van der Waals surface area contributed by atoms with Crippen LogP contribution in [0, 0.1) is 13.8 Å². The summed E-state index contributed by atoms with van der Waals surface area (Å²) < 4.78 is 6.34. The van der Waals surface area contributed by atoms with Gasteiger partial charge < -0.3 is 4.74 Å². The maximum Gasteiger partial charge on any atom is 0.337 e. The number of ketones is 1. The van der Waals surface area contributed by atoms with Gasteiger partial charge in [-0.05, 0) is 37.6 Å². The van der Waals surface area contributed by atoms with Crippen molar-refractivity contribution in [1.29, 1.82) is 0 Å². The molecule has 2 aromatic rings. The normalized spacial score (nSPS) is 10.9. The van der Waals surface area contributed by atoms with E-state index >= 15 is 0 Å². The van der Waals surface area contributed by atoms with Gasteiger partial charge in [-0.3, -0.25) is 9.48 Å². The Morgan fingerprint density at radius 2 is 1.82 bits per heavy atom. The van der Waals surface area contributed by atoms with Crippen LogP contribution in [0.4, 0.5) is 0 Å². The number of aromatic nitrogens is 2. The highest BCUT2D eigenvalue weighted by Gasteiger charge is 2.14. The predicted molar refractivity (Wildman–Crippen MR) is 83.8 cm³/mol. The smallest absolute Gasteiger partial charge is 0.337 e. The number of allylic oxidation sites excluding steroid dienone is 1. The van der Waals surface area contributed by atoms with Crippen LogP contribution < -0.4 is 0 Å². The summed E-state index contributed by atoms with van der Waals surface area (Å²) in [6.45, 7) is 3.69. The largest absolute Gasteiger partial charge is 0.465 e. The molecule has 0 amide bonds. The second kappa shape index (κ2) is 6.39. The Morgan fingerprint density at radius 1 is 1.18 bits per heavy atom. The van der Waals surface area contributed by atoms with Gasteiger partial charge in [-0.2, -0.15) is 5.10 Å². The van der Waals surface area contributed by atoms with Crippen LogP contribution in [0.3, 0.4) is 0 Å². The molecule has 22 heavy (non-hydrogen) atoms. The summed E-state index contributed by atoms with van der Waals surface area (Å²) in [4.78, 5) is 23.6. The van der Waals surface area contributed by atoms with E-state index in [0.29, 0.717) is 11.1 Å². The van der Waals surface area contributed by atoms with Gasteiger partial charge in [-0.1, -0.05) is 18.2 Å². The lowest BCUT2D eigenvalue weighted by Gasteiger charge is -2.00. The summed E-state index contributed by atoms with van der Waals surface area (Å²) in [6.07, 6.45) is 3.24. The van der Waals surface area contributed by atoms with Gasteiger partial charge in [-0.25, -0.2) is 4.79 Å². The molecule has 1 heterocycles. The molecule has 0 radical (unpaired) electrons. The van der Waals surface area contributed by atoms with E-state index in [4.69, 9.17) is 0 Å². The van der Waals surface area contributed by atoms with Crippen LogP contribution in [0.25, 0.3) is 6.08 Å². The third-order valence-electron chi connectivity index (χ3n) is 3.51. The maximum atomic E-state index is 12.3. The number of benzene rings is 1. The van der Waals surface area contributed by atoms with Crippen molar-refractivity contribution in [3.8, 4) is 0 Å². The van der Waals surface area contributed by atoms with Gasteiger partial charge in [0.15, 0.2) is 5.78 Å². The standard InChI is InChI=1S/C17H18N2O3/c1-11-16(12(2)19(3)18-11)15(20)10-7-13-5-8-14(9-6-13)17(21)22-4/h5-10H,1-4H3/b10-7-. The molecule has 0 aliphatic heterocycles. The van der Waals surface area contributed by atoms with Gasteiger partial charge in [0.25, 0.3) is 0 Å². The van der Waals surface area contributed by atoms with E-state index in [1.165, 1.54) is 13.2 Å². The van der Waals surface area contributed by atoms with Crippen LogP contribution >= 0.6 is 0 Å². The molecule has 0 bridgehead atoms. The van der Waals surface area contributed by atoms with E-state index in [2.05, 4.69) is 9.84 Å². The molecule has 0 atom stereocenters. The molecule has 5 nitrogen and oxygen atoms in total. The molecule has 0 unspecified atom stereocenters. The monoisotopic (exact) mass is 298 g/mol. The molecule has 1 aromatic carbocycles. The summed E-state index contributed by atoms with van der Waals surface area (Å²) in [6, 6.07) is 6.85. The van der Waals surface area contributed by atoms with Crippen LogP contribution in [0.1, 0.15) is 37.7 Å². The summed E-state index contributed by atoms with van der Waals surface area (Å²) in [5.74, 6) is -0.464. The van der Waals surface area contributed by atoms with Gasteiger partial charge in [0.1, 0.15) is 0 Å². The number of ether oxygens (including phenoxy) is 1. The number of carbonyl (C=O) groups excluding carboxylic acids is 2. The van der Waals surface area contributed by atoms with Crippen molar-refractivity contribution in [3.63, 3.8) is 0 Å². The highest BCUT2D eigenvalue weighted by molar-refractivity contribution is 6.08. The molecule has 0 spiro atoms. The van der Waals surface area contributed by atoms with E-state index in [1.54, 1.807) is 35.0 Å². The minimum Gasteiger partial charge on any atom is -0.465 e. The van der Waals surface area contributed by atoms with Crippen molar-refractivity contribution in [2.45, 2.75) is 13.8 Å². The first-order chi connectivity index (χ1) is 10.4. The highest BCUT2D eigenvalue weighted by Crippen LogP contribution is 2.14. The third kappa shape index (κ3) is 3.14. The molecular formula is C17H18N2O3. The van der Waals surface area contributed by atoms with Crippen LogP contribution in [0.15, 0.2) is 30.3 Å². The Kier molecular flexibility index (Phi) is 4.56. The lowest BCUT2D eigenvalue weighted by atomic mass is 10.1. The Morgan fingerprint density at radius 3 is 2.32 bits per heavy atom. The van der Waals surface area contributed by atoms with E-state index in [1.807, 2.05) is 20.9 Å². The number of nitrogens with zero attached hydrogens (tertiary/aromatic N) is 2. The van der Waals surface area contributed by atoms with Gasteiger partial charge in [0.2, 0.25) is 0 Å². The second-order valence-electron chi connectivity index (χ2n) is 4.98. The van der Waals surface area contributed by atoms with Crippen molar-refractivity contribution < 1.29 is 14.3 Å². The van der Waals surface area contributed by atoms with Crippen LogP contribution in [0.2, 0.25) is 0 Å². The van der Waals surface area contributed by atoms with Gasteiger partial charge in [-0.15, -0.1) is 0 Å². The first kappa shape index (κ1) is 15.7. The SMILES string of the molecule is COC(=O)c1ccc(/C=C\C(=O)c2c(C)nn(C)c2C)cc1. The lowest BCUT2D eigenvalue weighted by molar-refractivity contribution is 0.0600. The molecule has 114 valence electrons. The molecule has 5 heteroatoms. The molecule has 0 aliphatic carbocycles.